The molecule has 0 spiro atoms. The Labute approximate surface area is 255 Å². The molecule has 7 nitrogen and oxygen atoms in total. The van der Waals surface area contributed by atoms with Gasteiger partial charge in [0, 0.05) is 51.4 Å². The number of hydrogen-bond acceptors (Lipinski definition) is 7. The Morgan fingerprint density at radius 2 is 1.83 bits per heavy atom. The van der Waals surface area contributed by atoms with Gasteiger partial charge in [-0.05, 0) is 69.3 Å². The molecular formula is C32H45Cl2N3O4. The molecule has 1 aliphatic rings. The van der Waals surface area contributed by atoms with Crippen molar-refractivity contribution in [3.63, 3.8) is 0 Å². The van der Waals surface area contributed by atoms with Gasteiger partial charge in [0.2, 0.25) is 0 Å². The van der Waals surface area contributed by atoms with Crippen molar-refractivity contribution in [2.75, 3.05) is 62.9 Å². The molecule has 3 rings (SSSR count). The molecule has 0 saturated carbocycles. The number of carbonyl (C=O) groups is 2. The lowest BCUT2D eigenvalue weighted by atomic mass is 9.81. The van der Waals surface area contributed by atoms with E-state index in [1.807, 2.05) is 76.0 Å². The number of esters is 1. The van der Waals surface area contributed by atoms with Gasteiger partial charge in [-0.3, -0.25) is 9.69 Å². The zero-order valence-corrected chi connectivity index (χ0v) is 26.6. The van der Waals surface area contributed by atoms with Gasteiger partial charge in [-0.1, -0.05) is 49.2 Å². The van der Waals surface area contributed by atoms with Crippen LogP contribution in [-0.4, -0.2) is 70.3 Å². The van der Waals surface area contributed by atoms with Gasteiger partial charge in [0.25, 0.3) is 0 Å². The number of anilines is 2. The highest BCUT2D eigenvalue weighted by Crippen LogP contribution is 2.33. The summed E-state index contributed by atoms with van der Waals surface area (Å²) < 4.78 is 11.8. The van der Waals surface area contributed by atoms with Gasteiger partial charge in [0.15, 0.2) is 6.73 Å². The molecular weight excluding hydrogens is 561 g/mol. The van der Waals surface area contributed by atoms with Gasteiger partial charge in [-0.25, -0.2) is 0 Å². The van der Waals surface area contributed by atoms with Crippen LogP contribution < -0.4 is 14.5 Å². The Bertz CT molecular complexity index is 1150. The van der Waals surface area contributed by atoms with Crippen LogP contribution in [-0.2, 0) is 20.7 Å². The van der Waals surface area contributed by atoms with Crippen molar-refractivity contribution in [2.45, 2.75) is 53.4 Å². The zero-order valence-electron chi connectivity index (χ0n) is 25.1. The maximum atomic E-state index is 12.7. The number of carbonyl (C=O) groups excluding carboxylic acids is 2. The lowest BCUT2D eigenvalue weighted by Gasteiger charge is -2.36. The molecule has 1 saturated heterocycles. The second-order valence-electron chi connectivity index (χ2n) is 11.6. The Hall–Kier alpha value is -2.48. The number of piperazine rings is 1. The zero-order chi connectivity index (χ0) is 30.0. The number of rotatable bonds is 15. The van der Waals surface area contributed by atoms with Gasteiger partial charge in [-0.15, -0.1) is 0 Å². The second-order valence-corrected chi connectivity index (χ2v) is 12.4. The normalized spacial score (nSPS) is 14.3. The van der Waals surface area contributed by atoms with Crippen LogP contribution in [0, 0.1) is 11.3 Å². The number of halogens is 2. The minimum atomic E-state index is -0.566. The highest BCUT2D eigenvalue weighted by Gasteiger charge is 2.33. The summed E-state index contributed by atoms with van der Waals surface area (Å²) in [6.07, 6.45) is 3.96. The fourth-order valence-corrected chi connectivity index (χ4v) is 5.05. The topological polar surface area (TPSA) is 62.3 Å². The number of benzene rings is 2. The molecule has 0 atom stereocenters. The SMILES string of the molecule is CC(C)C(C)(C)C(=O)OCN(C)c1cc(OCCCCN2CCN(c3cccc(Cl)c3Cl)CC2)ccc1CCC=O. The second kappa shape index (κ2) is 15.7. The number of hydrogen-bond donors (Lipinski definition) is 0. The number of ether oxygens (including phenoxy) is 2. The fraction of sp³-hybridized carbons (Fsp3) is 0.562. The molecule has 2 aromatic carbocycles. The molecule has 0 bridgehead atoms. The van der Waals surface area contributed by atoms with Crippen molar-refractivity contribution in [3.8, 4) is 5.75 Å². The molecule has 1 heterocycles. The Morgan fingerprint density at radius 3 is 2.51 bits per heavy atom. The van der Waals surface area contributed by atoms with Crippen LogP contribution in [0.15, 0.2) is 36.4 Å². The minimum Gasteiger partial charge on any atom is -0.494 e. The molecule has 2 aromatic rings. The third-order valence-corrected chi connectivity index (χ3v) is 8.95. The van der Waals surface area contributed by atoms with Crippen molar-refractivity contribution in [2.24, 2.45) is 11.3 Å². The van der Waals surface area contributed by atoms with Crippen LogP contribution >= 0.6 is 23.2 Å². The highest BCUT2D eigenvalue weighted by atomic mass is 35.5. The van der Waals surface area contributed by atoms with Gasteiger partial charge in [0.1, 0.15) is 12.0 Å². The lowest BCUT2D eigenvalue weighted by molar-refractivity contribution is -0.156. The van der Waals surface area contributed by atoms with Crippen LogP contribution in [0.4, 0.5) is 11.4 Å². The Kier molecular flexibility index (Phi) is 12.6. The van der Waals surface area contributed by atoms with Gasteiger partial charge in [-0.2, -0.15) is 0 Å². The minimum absolute atomic E-state index is 0.128. The highest BCUT2D eigenvalue weighted by molar-refractivity contribution is 6.43. The van der Waals surface area contributed by atoms with Gasteiger partial charge in [0.05, 0.1) is 27.8 Å². The summed E-state index contributed by atoms with van der Waals surface area (Å²) in [7, 11) is 1.89. The summed E-state index contributed by atoms with van der Waals surface area (Å²) in [4.78, 5) is 30.3. The molecule has 9 heteroatoms. The molecule has 0 radical (unpaired) electrons. The van der Waals surface area contributed by atoms with Crippen LogP contribution in [0.25, 0.3) is 0 Å². The smallest absolute Gasteiger partial charge is 0.313 e. The summed E-state index contributed by atoms with van der Waals surface area (Å²) in [5.41, 5.74) is 2.36. The van der Waals surface area contributed by atoms with Crippen molar-refractivity contribution >= 4 is 46.8 Å². The van der Waals surface area contributed by atoms with Crippen molar-refractivity contribution < 1.29 is 19.1 Å². The average Bonchev–Trinajstić information content (AvgIpc) is 2.96. The molecule has 41 heavy (non-hydrogen) atoms. The summed E-state index contributed by atoms with van der Waals surface area (Å²) in [6.45, 7) is 13.4. The first kappa shape index (κ1) is 33.0. The number of nitrogens with zero attached hydrogens (tertiary/aromatic N) is 3. The van der Waals surface area contributed by atoms with Gasteiger partial charge < -0.3 is 24.1 Å². The molecule has 0 aromatic heterocycles. The molecule has 226 valence electrons. The number of unbranched alkanes of at least 4 members (excludes halogenated alkanes) is 1. The summed E-state index contributed by atoms with van der Waals surface area (Å²) in [6, 6.07) is 11.7. The standard InChI is InChI=1S/C32H45Cl2N3O4/c1-24(2)32(3,4)31(39)41-23-35(5)29-22-26(14-13-25(29)10-9-20-38)40-21-7-6-15-36-16-18-37(19-17-36)28-12-8-11-27(33)30(28)34/h8,11-14,20,22,24H,6-7,9-10,15-19,21,23H2,1-5H3. The third-order valence-electron chi connectivity index (χ3n) is 8.14. The Morgan fingerprint density at radius 1 is 1.10 bits per heavy atom. The summed E-state index contributed by atoms with van der Waals surface area (Å²) in [5.74, 6) is 0.705. The molecule has 0 amide bonds. The average molecular weight is 607 g/mol. The van der Waals surface area contributed by atoms with E-state index in [1.165, 1.54) is 0 Å². The monoisotopic (exact) mass is 605 g/mol. The lowest BCUT2D eigenvalue weighted by Crippen LogP contribution is -2.46. The van der Waals surface area contributed by atoms with E-state index in [0.717, 1.165) is 74.5 Å². The Balaban J connectivity index is 1.46. The summed E-state index contributed by atoms with van der Waals surface area (Å²) in [5, 5.41) is 1.22. The van der Waals surface area contributed by atoms with Crippen LogP contribution in [0.1, 0.15) is 52.5 Å². The van der Waals surface area contributed by atoms with E-state index in [-0.39, 0.29) is 18.6 Å². The fourth-order valence-electron chi connectivity index (χ4n) is 4.64. The quantitative estimate of drug-likeness (QED) is 0.0965. The van der Waals surface area contributed by atoms with Crippen molar-refractivity contribution in [1.29, 1.82) is 0 Å². The van der Waals surface area contributed by atoms with E-state index in [0.29, 0.717) is 29.5 Å². The van der Waals surface area contributed by atoms with E-state index in [1.54, 1.807) is 0 Å². The van der Waals surface area contributed by atoms with Crippen molar-refractivity contribution in [1.82, 2.24) is 4.90 Å². The first-order valence-corrected chi connectivity index (χ1v) is 15.3. The number of aryl methyl sites for hydroxylation is 1. The van der Waals surface area contributed by atoms with Crippen LogP contribution in [0.3, 0.4) is 0 Å². The largest absolute Gasteiger partial charge is 0.494 e. The van der Waals surface area contributed by atoms with E-state index in [4.69, 9.17) is 32.7 Å². The van der Waals surface area contributed by atoms with E-state index in [2.05, 4.69) is 9.80 Å². The molecule has 0 N–H and O–H groups in total. The first-order chi connectivity index (χ1) is 19.5. The molecule has 1 aliphatic heterocycles. The van der Waals surface area contributed by atoms with Crippen molar-refractivity contribution in [3.05, 3.63) is 52.0 Å². The van der Waals surface area contributed by atoms with E-state index >= 15 is 0 Å². The van der Waals surface area contributed by atoms with Crippen LogP contribution in [0.2, 0.25) is 10.0 Å². The predicted octanol–water partition coefficient (Wildman–Crippen LogP) is 6.73. The maximum absolute atomic E-state index is 12.7. The van der Waals surface area contributed by atoms with E-state index in [9.17, 15) is 9.59 Å². The molecule has 1 fully saturated rings. The molecule has 0 aliphatic carbocycles. The molecule has 0 unspecified atom stereocenters. The third kappa shape index (κ3) is 9.25. The van der Waals surface area contributed by atoms with E-state index < -0.39 is 5.41 Å². The summed E-state index contributed by atoms with van der Waals surface area (Å²) >= 11 is 12.6. The number of aldehydes is 1. The van der Waals surface area contributed by atoms with Gasteiger partial charge >= 0.3 is 5.97 Å². The van der Waals surface area contributed by atoms with Crippen LogP contribution in [0.5, 0.6) is 5.75 Å². The maximum Gasteiger partial charge on any atom is 0.313 e. The first-order valence-electron chi connectivity index (χ1n) is 14.5. The predicted molar refractivity (Wildman–Crippen MR) is 169 cm³/mol.